The summed E-state index contributed by atoms with van der Waals surface area (Å²) in [6.07, 6.45) is 2.98. The van der Waals surface area contributed by atoms with Crippen LogP contribution in [0.15, 0.2) is 53.4 Å². The third kappa shape index (κ3) is 6.27. The van der Waals surface area contributed by atoms with Crippen LogP contribution in [0, 0.1) is 11.3 Å². The van der Waals surface area contributed by atoms with Crippen LogP contribution in [-0.4, -0.2) is 67.8 Å². The van der Waals surface area contributed by atoms with Gasteiger partial charge in [-0.3, -0.25) is 9.80 Å². The molecule has 0 aromatic heterocycles. The number of rotatable bonds is 5. The molecular formula is C24H30Cl2N4O2S. The number of nitriles is 1. The molecule has 33 heavy (non-hydrogen) atoms. The van der Waals surface area contributed by atoms with E-state index in [0.717, 1.165) is 52.0 Å². The van der Waals surface area contributed by atoms with Crippen LogP contribution >= 0.6 is 24.0 Å². The standard InChI is InChI=1S/C24H29ClN4O2S.ClH/c25-23-7-1-2-8-24(23)32(30,31)29-12-4-11-28(15-16-29)22-9-13-27(14-10-22)19-21-6-3-5-20(17-21)18-26;/h1-3,5-8,17,22H,4,9-16,19H2;1H. The molecule has 6 nitrogen and oxygen atoms in total. The molecule has 2 heterocycles. The van der Waals surface area contributed by atoms with Crippen molar-refractivity contribution in [2.75, 3.05) is 39.3 Å². The van der Waals surface area contributed by atoms with Crippen molar-refractivity contribution in [1.82, 2.24) is 14.1 Å². The van der Waals surface area contributed by atoms with E-state index in [-0.39, 0.29) is 22.3 Å². The maximum absolute atomic E-state index is 13.1. The molecule has 2 fully saturated rings. The summed E-state index contributed by atoms with van der Waals surface area (Å²) in [5.41, 5.74) is 1.89. The van der Waals surface area contributed by atoms with Gasteiger partial charge >= 0.3 is 0 Å². The van der Waals surface area contributed by atoms with Gasteiger partial charge in [0.1, 0.15) is 4.90 Å². The van der Waals surface area contributed by atoms with Gasteiger partial charge in [-0.05, 0) is 68.7 Å². The van der Waals surface area contributed by atoms with Gasteiger partial charge in [0.2, 0.25) is 10.0 Å². The van der Waals surface area contributed by atoms with Gasteiger partial charge in [-0.2, -0.15) is 9.57 Å². The second-order valence-corrected chi connectivity index (χ2v) is 10.9. The zero-order valence-corrected chi connectivity index (χ0v) is 21.0. The number of likely N-dealkylation sites (tertiary alicyclic amines) is 1. The zero-order chi connectivity index (χ0) is 22.6. The lowest BCUT2D eigenvalue weighted by molar-refractivity contribution is 0.108. The molecule has 0 bridgehead atoms. The van der Waals surface area contributed by atoms with E-state index in [4.69, 9.17) is 16.9 Å². The van der Waals surface area contributed by atoms with E-state index in [0.29, 0.717) is 24.7 Å². The molecule has 2 saturated heterocycles. The van der Waals surface area contributed by atoms with Crippen molar-refractivity contribution >= 4 is 34.0 Å². The van der Waals surface area contributed by atoms with Crippen LogP contribution in [0.5, 0.6) is 0 Å². The van der Waals surface area contributed by atoms with E-state index in [1.807, 2.05) is 18.2 Å². The molecular weight excluding hydrogens is 479 g/mol. The third-order valence-electron chi connectivity index (χ3n) is 6.48. The molecule has 2 aliphatic rings. The average Bonchev–Trinajstić information content (AvgIpc) is 3.07. The fraction of sp³-hybridized carbons (Fsp3) is 0.458. The van der Waals surface area contributed by atoms with Gasteiger partial charge < -0.3 is 0 Å². The molecule has 0 radical (unpaired) electrons. The van der Waals surface area contributed by atoms with Crippen LogP contribution in [0.25, 0.3) is 0 Å². The molecule has 2 aromatic carbocycles. The van der Waals surface area contributed by atoms with Gasteiger partial charge in [-0.25, -0.2) is 8.42 Å². The minimum Gasteiger partial charge on any atom is -0.299 e. The first-order valence-corrected chi connectivity index (χ1v) is 13.0. The number of nitrogens with zero attached hydrogens (tertiary/aromatic N) is 4. The molecule has 178 valence electrons. The Kier molecular flexibility index (Phi) is 9.17. The summed E-state index contributed by atoms with van der Waals surface area (Å²) >= 11 is 6.17. The molecule has 0 unspecified atom stereocenters. The van der Waals surface area contributed by atoms with E-state index < -0.39 is 10.0 Å². The van der Waals surface area contributed by atoms with Gasteiger partial charge in [0.25, 0.3) is 0 Å². The smallest absolute Gasteiger partial charge is 0.244 e. The zero-order valence-electron chi connectivity index (χ0n) is 18.6. The SMILES string of the molecule is Cl.N#Cc1cccc(CN2CCC(N3CCCN(S(=O)(=O)c4ccccc4Cl)CC3)CC2)c1. The Balaban J connectivity index is 0.00000306. The fourth-order valence-corrected chi connectivity index (χ4v) is 6.72. The van der Waals surface area contributed by atoms with Crippen LogP contribution in [0.3, 0.4) is 0 Å². The van der Waals surface area contributed by atoms with Crippen molar-refractivity contribution in [3.8, 4) is 6.07 Å². The van der Waals surface area contributed by atoms with Gasteiger partial charge in [0, 0.05) is 32.2 Å². The lowest BCUT2D eigenvalue weighted by Crippen LogP contribution is -2.46. The van der Waals surface area contributed by atoms with Crippen molar-refractivity contribution in [2.24, 2.45) is 0 Å². The van der Waals surface area contributed by atoms with E-state index in [1.165, 1.54) is 5.56 Å². The molecule has 0 amide bonds. The monoisotopic (exact) mass is 508 g/mol. The maximum atomic E-state index is 13.1. The lowest BCUT2D eigenvalue weighted by atomic mass is 10.0. The number of hydrogen-bond acceptors (Lipinski definition) is 5. The third-order valence-corrected chi connectivity index (χ3v) is 8.88. The Labute approximate surface area is 208 Å². The van der Waals surface area contributed by atoms with E-state index in [9.17, 15) is 8.42 Å². The summed E-state index contributed by atoms with van der Waals surface area (Å²) in [5, 5.41) is 9.38. The Morgan fingerprint density at radius 2 is 1.73 bits per heavy atom. The van der Waals surface area contributed by atoms with Gasteiger partial charge in [-0.1, -0.05) is 35.9 Å². The number of halogens is 2. The first kappa shape index (κ1) is 26.0. The molecule has 0 atom stereocenters. The Morgan fingerprint density at radius 1 is 0.970 bits per heavy atom. The molecule has 0 spiro atoms. The van der Waals surface area contributed by atoms with Gasteiger partial charge in [0.05, 0.1) is 16.7 Å². The minimum absolute atomic E-state index is 0. The normalized spacial score (nSPS) is 19.4. The average molecular weight is 510 g/mol. The van der Waals surface area contributed by atoms with Gasteiger partial charge in [0.15, 0.2) is 0 Å². The van der Waals surface area contributed by atoms with Crippen molar-refractivity contribution < 1.29 is 8.42 Å². The highest BCUT2D eigenvalue weighted by molar-refractivity contribution is 7.89. The minimum atomic E-state index is -3.58. The second kappa shape index (κ2) is 11.7. The molecule has 0 aliphatic carbocycles. The topological polar surface area (TPSA) is 67.7 Å². The van der Waals surface area contributed by atoms with E-state index >= 15 is 0 Å². The van der Waals surface area contributed by atoms with Crippen molar-refractivity contribution in [1.29, 1.82) is 5.26 Å². The van der Waals surface area contributed by atoms with Crippen molar-refractivity contribution in [2.45, 2.75) is 36.7 Å². The number of sulfonamides is 1. The maximum Gasteiger partial charge on any atom is 0.244 e. The van der Waals surface area contributed by atoms with Gasteiger partial charge in [-0.15, -0.1) is 12.4 Å². The summed E-state index contributed by atoms with van der Waals surface area (Å²) < 4.78 is 27.8. The number of benzene rings is 2. The highest BCUT2D eigenvalue weighted by Gasteiger charge is 2.31. The quantitative estimate of drug-likeness (QED) is 0.610. The highest BCUT2D eigenvalue weighted by atomic mass is 35.5. The Bertz CT molecular complexity index is 1080. The predicted octanol–water partition coefficient (Wildman–Crippen LogP) is 3.99. The van der Waals surface area contributed by atoms with Crippen LogP contribution in [0.4, 0.5) is 0 Å². The van der Waals surface area contributed by atoms with Crippen LogP contribution in [0.2, 0.25) is 5.02 Å². The summed E-state index contributed by atoms with van der Waals surface area (Å²) in [7, 11) is -3.58. The van der Waals surface area contributed by atoms with E-state index in [2.05, 4.69) is 21.9 Å². The molecule has 0 N–H and O–H groups in total. The fourth-order valence-electron chi connectivity index (χ4n) is 4.75. The first-order valence-electron chi connectivity index (χ1n) is 11.2. The van der Waals surface area contributed by atoms with Crippen LogP contribution in [-0.2, 0) is 16.6 Å². The summed E-state index contributed by atoms with van der Waals surface area (Å²) in [6, 6.07) is 17.2. The summed E-state index contributed by atoms with van der Waals surface area (Å²) in [4.78, 5) is 5.11. The first-order chi connectivity index (χ1) is 15.5. The number of piperidine rings is 1. The Hall–Kier alpha value is -1.66. The summed E-state index contributed by atoms with van der Waals surface area (Å²) in [6.45, 7) is 5.58. The van der Waals surface area contributed by atoms with E-state index in [1.54, 1.807) is 28.6 Å². The lowest BCUT2D eigenvalue weighted by Gasteiger charge is -2.38. The van der Waals surface area contributed by atoms with Crippen LogP contribution in [0.1, 0.15) is 30.4 Å². The predicted molar refractivity (Wildman–Crippen MR) is 133 cm³/mol. The molecule has 9 heteroatoms. The Morgan fingerprint density at radius 3 is 2.45 bits per heavy atom. The molecule has 2 aliphatic heterocycles. The molecule has 4 rings (SSSR count). The van der Waals surface area contributed by atoms with Crippen molar-refractivity contribution in [3.05, 3.63) is 64.7 Å². The van der Waals surface area contributed by atoms with Crippen LogP contribution < -0.4 is 0 Å². The summed E-state index contributed by atoms with van der Waals surface area (Å²) in [5.74, 6) is 0. The molecule has 2 aromatic rings. The highest BCUT2D eigenvalue weighted by Crippen LogP contribution is 2.26. The number of hydrogen-bond donors (Lipinski definition) is 0. The largest absolute Gasteiger partial charge is 0.299 e. The van der Waals surface area contributed by atoms with Crippen molar-refractivity contribution in [3.63, 3.8) is 0 Å². The second-order valence-electron chi connectivity index (χ2n) is 8.54. The molecule has 0 saturated carbocycles.